The molecule has 0 fully saturated rings. The zero-order valence-corrected chi connectivity index (χ0v) is 15.0. The number of hydrogen-bond acceptors (Lipinski definition) is 3. The monoisotopic (exact) mass is 352 g/mol. The zero-order chi connectivity index (χ0) is 17.7. The molecule has 0 saturated carbocycles. The van der Waals surface area contributed by atoms with Crippen LogP contribution in [0.25, 0.3) is 0 Å². The minimum atomic E-state index is -2.95. The van der Waals surface area contributed by atoms with Crippen molar-refractivity contribution in [3.8, 4) is 5.75 Å². The Morgan fingerprint density at radius 1 is 0.840 bits per heavy atom. The third kappa shape index (κ3) is 3.84. The summed E-state index contributed by atoms with van der Waals surface area (Å²) in [4.78, 5) is 0. The van der Waals surface area contributed by atoms with Crippen molar-refractivity contribution < 1.29 is 14.4 Å². The molecule has 0 bridgehead atoms. The number of methoxy groups -OCH3 is 1. The first kappa shape index (κ1) is 17.5. The highest BCUT2D eigenvalue weighted by atomic mass is 31.2. The van der Waals surface area contributed by atoms with E-state index in [9.17, 15) is 9.67 Å². The second-order valence-corrected chi connectivity index (χ2v) is 8.76. The van der Waals surface area contributed by atoms with Crippen LogP contribution in [0.5, 0.6) is 5.75 Å². The number of benzene rings is 3. The summed E-state index contributed by atoms with van der Waals surface area (Å²) in [5.74, 6) is 0.727. The first-order chi connectivity index (χ1) is 12.1. The van der Waals surface area contributed by atoms with Gasteiger partial charge in [0.2, 0.25) is 0 Å². The molecule has 3 nitrogen and oxygen atoms in total. The van der Waals surface area contributed by atoms with E-state index in [0.717, 1.165) is 21.9 Å². The van der Waals surface area contributed by atoms with Crippen LogP contribution in [0.4, 0.5) is 0 Å². The van der Waals surface area contributed by atoms with Crippen LogP contribution in [-0.4, -0.2) is 18.4 Å². The average Bonchev–Trinajstić information content (AvgIpc) is 2.69. The molecule has 1 N–H and O–H groups in total. The number of aliphatic hydroxyl groups excluding tert-OH is 1. The van der Waals surface area contributed by atoms with Gasteiger partial charge in [0, 0.05) is 16.8 Å². The summed E-state index contributed by atoms with van der Waals surface area (Å²) in [6.45, 7) is 0. The molecule has 128 valence electrons. The molecule has 0 aliphatic rings. The van der Waals surface area contributed by atoms with Gasteiger partial charge in [-0.3, -0.25) is 0 Å². The van der Waals surface area contributed by atoms with Crippen molar-refractivity contribution in [2.24, 2.45) is 0 Å². The van der Waals surface area contributed by atoms with Gasteiger partial charge in [-0.25, -0.2) is 0 Å². The molecule has 1 unspecified atom stereocenters. The van der Waals surface area contributed by atoms with E-state index < -0.39 is 13.2 Å². The predicted octanol–water partition coefficient (Wildman–Crippen LogP) is 3.74. The number of ether oxygens (including phenoxy) is 1. The highest BCUT2D eigenvalue weighted by Crippen LogP contribution is 2.46. The van der Waals surface area contributed by atoms with E-state index in [0.29, 0.717) is 0 Å². The Morgan fingerprint density at radius 3 is 1.76 bits per heavy atom. The third-order valence-corrected chi connectivity index (χ3v) is 7.40. The molecule has 3 rings (SSSR count). The Bertz CT molecular complexity index is 802. The van der Waals surface area contributed by atoms with E-state index in [1.54, 1.807) is 19.2 Å². The summed E-state index contributed by atoms with van der Waals surface area (Å²) in [6, 6.07) is 26.0. The Morgan fingerprint density at radius 2 is 1.32 bits per heavy atom. The summed E-state index contributed by atoms with van der Waals surface area (Å²) >= 11 is 0. The fourth-order valence-corrected chi connectivity index (χ4v) is 5.60. The van der Waals surface area contributed by atoms with E-state index >= 15 is 0 Å². The van der Waals surface area contributed by atoms with Crippen molar-refractivity contribution in [1.82, 2.24) is 0 Å². The van der Waals surface area contributed by atoms with Crippen molar-refractivity contribution in [3.63, 3.8) is 0 Å². The van der Waals surface area contributed by atoms with Crippen LogP contribution in [0.15, 0.2) is 84.9 Å². The van der Waals surface area contributed by atoms with Crippen LogP contribution in [0, 0.1) is 0 Å². The molecule has 0 radical (unpaired) electrons. The fourth-order valence-electron chi connectivity index (χ4n) is 2.87. The lowest BCUT2D eigenvalue weighted by Gasteiger charge is -2.22. The quantitative estimate of drug-likeness (QED) is 0.688. The molecule has 0 aliphatic heterocycles. The molecular formula is C21H21O3P. The molecule has 1 atom stereocenters. The first-order valence-electron chi connectivity index (χ1n) is 8.16. The maximum absolute atomic E-state index is 13.9. The third-order valence-electron chi connectivity index (χ3n) is 4.28. The molecule has 0 heterocycles. The van der Waals surface area contributed by atoms with Gasteiger partial charge >= 0.3 is 0 Å². The van der Waals surface area contributed by atoms with E-state index in [4.69, 9.17) is 4.74 Å². The van der Waals surface area contributed by atoms with Crippen molar-refractivity contribution in [2.75, 3.05) is 13.3 Å². The predicted molar refractivity (Wildman–Crippen MR) is 103 cm³/mol. The van der Waals surface area contributed by atoms with Gasteiger partial charge < -0.3 is 14.4 Å². The summed E-state index contributed by atoms with van der Waals surface area (Å²) in [5, 5.41) is 12.2. The molecule has 0 saturated heterocycles. The smallest absolute Gasteiger partial charge is 0.146 e. The molecule has 4 heteroatoms. The lowest BCUT2D eigenvalue weighted by molar-refractivity contribution is 0.202. The summed E-state index contributed by atoms with van der Waals surface area (Å²) in [6.07, 6.45) is -0.662. The normalized spacial score (nSPS) is 12.6. The van der Waals surface area contributed by atoms with Gasteiger partial charge in [0.1, 0.15) is 12.9 Å². The van der Waals surface area contributed by atoms with Gasteiger partial charge in [0.05, 0.1) is 13.2 Å². The van der Waals surface area contributed by atoms with E-state index in [-0.39, 0.29) is 6.16 Å². The molecule has 0 amide bonds. The van der Waals surface area contributed by atoms with Gasteiger partial charge in [-0.05, 0) is 17.7 Å². The van der Waals surface area contributed by atoms with Crippen LogP contribution < -0.4 is 15.3 Å². The summed E-state index contributed by atoms with van der Waals surface area (Å²) in [7, 11) is -1.34. The number of hydrogen-bond donors (Lipinski definition) is 1. The Kier molecular flexibility index (Phi) is 5.37. The molecule has 0 aliphatic carbocycles. The molecule has 25 heavy (non-hydrogen) atoms. The van der Waals surface area contributed by atoms with Gasteiger partial charge in [-0.2, -0.15) is 0 Å². The van der Waals surface area contributed by atoms with Gasteiger partial charge in [-0.15, -0.1) is 0 Å². The highest BCUT2D eigenvalue weighted by Gasteiger charge is 2.30. The van der Waals surface area contributed by atoms with Crippen LogP contribution in [0.1, 0.15) is 11.7 Å². The fraction of sp³-hybridized carbons (Fsp3) is 0.143. The maximum Gasteiger partial charge on any atom is 0.146 e. The van der Waals surface area contributed by atoms with Crippen LogP contribution in [-0.2, 0) is 4.57 Å². The Labute approximate surface area is 148 Å². The largest absolute Gasteiger partial charge is 0.497 e. The van der Waals surface area contributed by atoms with Crippen molar-refractivity contribution in [1.29, 1.82) is 0 Å². The average molecular weight is 352 g/mol. The summed E-state index contributed by atoms with van der Waals surface area (Å²) < 4.78 is 19.1. The minimum Gasteiger partial charge on any atom is -0.497 e. The van der Waals surface area contributed by atoms with E-state index in [2.05, 4.69) is 0 Å². The van der Waals surface area contributed by atoms with Crippen LogP contribution in [0.2, 0.25) is 0 Å². The minimum absolute atomic E-state index is 0.160. The molecule has 3 aromatic carbocycles. The lowest BCUT2D eigenvalue weighted by Crippen LogP contribution is -2.21. The van der Waals surface area contributed by atoms with Crippen molar-refractivity contribution >= 4 is 17.8 Å². The van der Waals surface area contributed by atoms with Gasteiger partial charge in [-0.1, -0.05) is 72.8 Å². The Hall–Kier alpha value is -2.35. The molecule has 3 aromatic rings. The maximum atomic E-state index is 13.9. The van der Waals surface area contributed by atoms with E-state index in [1.807, 2.05) is 72.8 Å². The molecule has 0 spiro atoms. The SMILES string of the molecule is COc1ccc(C(O)CP(=O)(c2ccccc2)c2ccccc2)cc1. The van der Waals surface area contributed by atoms with Gasteiger partial charge in [0.15, 0.2) is 0 Å². The van der Waals surface area contributed by atoms with Crippen molar-refractivity contribution in [2.45, 2.75) is 6.10 Å². The Balaban J connectivity index is 1.96. The standard InChI is InChI=1S/C21H21O3P/c1-24-18-14-12-17(13-15-18)21(22)16-25(23,19-8-4-2-5-9-19)20-10-6-3-7-11-20/h2-15,21-22H,16H2,1H3. The van der Waals surface area contributed by atoms with Crippen LogP contribution >= 0.6 is 7.14 Å². The number of aliphatic hydroxyl groups is 1. The van der Waals surface area contributed by atoms with Gasteiger partial charge in [0.25, 0.3) is 0 Å². The molecule has 0 aromatic heterocycles. The summed E-state index contributed by atoms with van der Waals surface area (Å²) in [5.41, 5.74) is 0.730. The van der Waals surface area contributed by atoms with E-state index in [1.165, 1.54) is 0 Å². The van der Waals surface area contributed by atoms with Crippen LogP contribution in [0.3, 0.4) is 0 Å². The number of rotatable bonds is 6. The lowest BCUT2D eigenvalue weighted by atomic mass is 10.1. The zero-order valence-electron chi connectivity index (χ0n) is 14.1. The highest BCUT2D eigenvalue weighted by molar-refractivity contribution is 7.78. The van der Waals surface area contributed by atoms with Crippen molar-refractivity contribution in [3.05, 3.63) is 90.5 Å². The first-order valence-corrected chi connectivity index (χ1v) is 10.0. The second-order valence-electron chi connectivity index (χ2n) is 5.88. The molecular weight excluding hydrogens is 331 g/mol. The second kappa shape index (κ2) is 7.69. The topological polar surface area (TPSA) is 46.5 Å².